The van der Waals surface area contributed by atoms with Crippen molar-refractivity contribution in [3.63, 3.8) is 0 Å². The van der Waals surface area contributed by atoms with Crippen LogP contribution in [-0.4, -0.2) is 41.4 Å². The highest BCUT2D eigenvalue weighted by molar-refractivity contribution is 7.14. The van der Waals surface area contributed by atoms with Crippen molar-refractivity contribution in [2.24, 2.45) is 0 Å². The quantitative estimate of drug-likeness (QED) is 0.650. The Morgan fingerprint density at radius 3 is 2.97 bits per heavy atom. The van der Waals surface area contributed by atoms with Crippen LogP contribution in [0.15, 0.2) is 46.4 Å². The minimum atomic E-state index is -0.546. The fourth-order valence-corrected chi connectivity index (χ4v) is 4.28. The summed E-state index contributed by atoms with van der Waals surface area (Å²) in [5.41, 5.74) is 1.52. The third-order valence-corrected chi connectivity index (χ3v) is 5.78. The minimum Gasteiger partial charge on any atom is -0.495 e. The highest BCUT2D eigenvalue weighted by atomic mass is 35.5. The predicted molar refractivity (Wildman–Crippen MR) is 111 cm³/mol. The van der Waals surface area contributed by atoms with Crippen molar-refractivity contribution in [1.82, 2.24) is 9.88 Å². The molecule has 1 aromatic carbocycles. The van der Waals surface area contributed by atoms with E-state index in [1.54, 1.807) is 36.3 Å². The Labute approximate surface area is 176 Å². The molecular formula is C20H18ClN3O4S. The Hall–Kier alpha value is -2.84. The Bertz CT molecular complexity index is 1030. The van der Waals surface area contributed by atoms with Gasteiger partial charge in [-0.25, -0.2) is 4.98 Å². The van der Waals surface area contributed by atoms with Gasteiger partial charge in [0.25, 0.3) is 5.91 Å². The second-order valence-corrected chi connectivity index (χ2v) is 7.78. The molecule has 7 nitrogen and oxygen atoms in total. The lowest BCUT2D eigenvalue weighted by Gasteiger charge is -2.22. The predicted octanol–water partition coefficient (Wildman–Crippen LogP) is 4.31. The number of hydrogen-bond acceptors (Lipinski definition) is 6. The Kier molecular flexibility index (Phi) is 5.55. The van der Waals surface area contributed by atoms with Gasteiger partial charge in [-0.2, -0.15) is 0 Å². The van der Waals surface area contributed by atoms with Gasteiger partial charge < -0.3 is 19.4 Å². The molecule has 0 bridgehead atoms. The average molecular weight is 432 g/mol. The molecular weight excluding hydrogens is 414 g/mol. The molecule has 0 saturated carbocycles. The first-order valence-electron chi connectivity index (χ1n) is 9.01. The highest BCUT2D eigenvalue weighted by Crippen LogP contribution is 2.32. The first-order valence-corrected chi connectivity index (χ1v) is 10.3. The minimum absolute atomic E-state index is 0.234. The van der Waals surface area contributed by atoms with Gasteiger partial charge in [0.2, 0.25) is 5.91 Å². The smallest absolute Gasteiger partial charge is 0.290 e. The van der Waals surface area contributed by atoms with E-state index in [9.17, 15) is 9.59 Å². The van der Waals surface area contributed by atoms with E-state index in [4.69, 9.17) is 20.8 Å². The van der Waals surface area contributed by atoms with Crippen LogP contribution in [0.25, 0.3) is 11.3 Å². The van der Waals surface area contributed by atoms with Gasteiger partial charge in [-0.3, -0.25) is 9.59 Å². The van der Waals surface area contributed by atoms with Crippen LogP contribution >= 0.6 is 22.9 Å². The topological polar surface area (TPSA) is 84.7 Å². The molecule has 0 unspecified atom stereocenters. The molecule has 1 fully saturated rings. The van der Waals surface area contributed by atoms with Crippen molar-refractivity contribution in [2.45, 2.75) is 18.9 Å². The number of furan rings is 1. The standard InChI is InChI=1S/C20H18ClN3O4S/c1-27-16-7-6-12(10-13(16)21)14-11-29-20(22-14)23-18(25)15-4-2-8-24(15)19(26)17-5-3-9-28-17/h3,5-7,9-11,15H,2,4,8H2,1H3,(H,22,23,25)/t15-/m0/s1. The lowest BCUT2D eigenvalue weighted by molar-refractivity contribution is -0.119. The zero-order valence-corrected chi connectivity index (χ0v) is 17.1. The molecule has 0 spiro atoms. The lowest BCUT2D eigenvalue weighted by atomic mass is 10.2. The van der Waals surface area contributed by atoms with Crippen LogP contribution in [0, 0.1) is 0 Å². The number of carbonyl (C=O) groups excluding carboxylic acids is 2. The molecule has 4 rings (SSSR count). The molecule has 0 aliphatic carbocycles. The molecule has 1 atom stereocenters. The third kappa shape index (κ3) is 3.99. The second kappa shape index (κ2) is 8.26. The van der Waals surface area contributed by atoms with Crippen LogP contribution in [0.2, 0.25) is 5.02 Å². The summed E-state index contributed by atoms with van der Waals surface area (Å²) in [5.74, 6) is 0.288. The summed E-state index contributed by atoms with van der Waals surface area (Å²) in [6.45, 7) is 0.519. The van der Waals surface area contributed by atoms with Crippen molar-refractivity contribution < 1.29 is 18.7 Å². The molecule has 150 valence electrons. The number of methoxy groups -OCH3 is 1. The zero-order chi connectivity index (χ0) is 20.4. The van der Waals surface area contributed by atoms with Gasteiger partial charge in [0.15, 0.2) is 10.9 Å². The van der Waals surface area contributed by atoms with Crippen molar-refractivity contribution in [2.75, 3.05) is 19.0 Å². The number of aromatic nitrogens is 1. The number of ether oxygens (including phenoxy) is 1. The maximum atomic E-state index is 12.8. The summed E-state index contributed by atoms with van der Waals surface area (Å²) in [7, 11) is 1.56. The number of carbonyl (C=O) groups is 2. The number of amides is 2. The number of likely N-dealkylation sites (tertiary alicyclic amines) is 1. The third-order valence-electron chi connectivity index (χ3n) is 4.73. The Morgan fingerprint density at radius 1 is 1.38 bits per heavy atom. The van der Waals surface area contributed by atoms with Gasteiger partial charge in [0, 0.05) is 17.5 Å². The summed E-state index contributed by atoms with van der Waals surface area (Å²) in [4.78, 5) is 31.4. The largest absolute Gasteiger partial charge is 0.495 e. The second-order valence-electron chi connectivity index (χ2n) is 6.51. The number of rotatable bonds is 5. The van der Waals surface area contributed by atoms with Gasteiger partial charge in [-0.05, 0) is 43.2 Å². The van der Waals surface area contributed by atoms with E-state index in [0.717, 1.165) is 12.0 Å². The van der Waals surface area contributed by atoms with Gasteiger partial charge in [0.1, 0.15) is 11.8 Å². The average Bonchev–Trinajstić information content (AvgIpc) is 3.48. The summed E-state index contributed by atoms with van der Waals surface area (Å²) in [6, 6.07) is 8.10. The van der Waals surface area contributed by atoms with Crippen molar-refractivity contribution in [3.05, 3.63) is 52.8 Å². The molecule has 1 saturated heterocycles. The number of nitrogens with zero attached hydrogens (tertiary/aromatic N) is 2. The number of anilines is 1. The fourth-order valence-electron chi connectivity index (χ4n) is 3.30. The van der Waals surface area contributed by atoms with E-state index in [0.29, 0.717) is 34.6 Å². The SMILES string of the molecule is COc1ccc(-c2csc(NC(=O)[C@@H]3CCCN3C(=O)c3ccco3)n2)cc1Cl. The summed E-state index contributed by atoms with van der Waals surface area (Å²) in [5, 5.41) is 5.62. The molecule has 1 aliphatic heterocycles. The molecule has 3 aromatic rings. The van der Waals surface area contributed by atoms with E-state index in [-0.39, 0.29) is 17.6 Å². The maximum Gasteiger partial charge on any atom is 0.290 e. The number of nitrogens with one attached hydrogen (secondary N) is 1. The van der Waals surface area contributed by atoms with E-state index in [1.165, 1.54) is 17.6 Å². The zero-order valence-electron chi connectivity index (χ0n) is 15.6. The number of benzene rings is 1. The molecule has 0 radical (unpaired) electrons. The van der Waals surface area contributed by atoms with Crippen LogP contribution in [0.5, 0.6) is 5.75 Å². The number of thiazole rings is 1. The van der Waals surface area contributed by atoms with E-state index >= 15 is 0 Å². The van der Waals surface area contributed by atoms with Crippen molar-refractivity contribution in [1.29, 1.82) is 0 Å². The fraction of sp³-hybridized carbons (Fsp3) is 0.250. The first-order chi connectivity index (χ1) is 14.1. The Morgan fingerprint density at radius 2 is 2.24 bits per heavy atom. The molecule has 29 heavy (non-hydrogen) atoms. The Balaban J connectivity index is 1.46. The van der Waals surface area contributed by atoms with Gasteiger partial charge in [-0.1, -0.05) is 11.6 Å². The monoisotopic (exact) mass is 431 g/mol. The number of hydrogen-bond donors (Lipinski definition) is 1. The van der Waals surface area contributed by atoms with E-state index < -0.39 is 6.04 Å². The van der Waals surface area contributed by atoms with Gasteiger partial charge >= 0.3 is 0 Å². The van der Waals surface area contributed by atoms with Crippen LogP contribution in [0.1, 0.15) is 23.4 Å². The molecule has 2 aromatic heterocycles. The summed E-state index contributed by atoms with van der Waals surface area (Å²) >= 11 is 7.50. The normalized spacial score (nSPS) is 16.1. The highest BCUT2D eigenvalue weighted by Gasteiger charge is 2.35. The molecule has 2 amide bonds. The number of halogens is 1. The van der Waals surface area contributed by atoms with Crippen LogP contribution in [-0.2, 0) is 4.79 Å². The van der Waals surface area contributed by atoms with Gasteiger partial charge in [0.05, 0.1) is 24.1 Å². The summed E-state index contributed by atoms with van der Waals surface area (Å²) in [6.07, 6.45) is 2.81. The van der Waals surface area contributed by atoms with E-state index in [2.05, 4.69) is 10.3 Å². The lowest BCUT2D eigenvalue weighted by Crippen LogP contribution is -2.43. The van der Waals surface area contributed by atoms with Gasteiger partial charge in [-0.15, -0.1) is 11.3 Å². The first kappa shape index (κ1) is 19.5. The molecule has 1 N–H and O–H groups in total. The van der Waals surface area contributed by atoms with Crippen LogP contribution < -0.4 is 10.1 Å². The summed E-state index contributed by atoms with van der Waals surface area (Å²) < 4.78 is 10.3. The van der Waals surface area contributed by atoms with Crippen LogP contribution in [0.4, 0.5) is 5.13 Å². The maximum absolute atomic E-state index is 12.8. The molecule has 3 heterocycles. The van der Waals surface area contributed by atoms with E-state index in [1.807, 2.05) is 11.4 Å². The van der Waals surface area contributed by atoms with Crippen molar-refractivity contribution >= 4 is 39.9 Å². The van der Waals surface area contributed by atoms with Crippen LogP contribution in [0.3, 0.4) is 0 Å². The molecule has 1 aliphatic rings. The van der Waals surface area contributed by atoms with Crippen molar-refractivity contribution in [3.8, 4) is 17.0 Å². The molecule has 9 heteroatoms.